The van der Waals surface area contributed by atoms with Crippen LogP contribution >= 0.6 is 11.6 Å². The van der Waals surface area contributed by atoms with Gasteiger partial charge in [0.1, 0.15) is 11.9 Å². The molecule has 1 aliphatic heterocycles. The van der Waals surface area contributed by atoms with Crippen molar-refractivity contribution in [1.29, 1.82) is 0 Å². The highest BCUT2D eigenvalue weighted by atomic mass is 35.5. The number of rotatable bonds is 6. The van der Waals surface area contributed by atoms with Crippen LogP contribution in [0, 0.1) is 5.92 Å². The van der Waals surface area contributed by atoms with E-state index < -0.39 is 0 Å². The smallest absolute Gasteiger partial charge is 0.242 e. The molecule has 2 N–H and O–H groups in total. The third-order valence-electron chi connectivity index (χ3n) is 4.85. The van der Waals surface area contributed by atoms with Crippen LogP contribution in [0.15, 0.2) is 36.5 Å². The van der Waals surface area contributed by atoms with Crippen LogP contribution in [0.25, 0.3) is 0 Å². The first-order chi connectivity index (χ1) is 12.7. The maximum Gasteiger partial charge on any atom is 0.242 e. The number of halogens is 1. The Morgan fingerprint density at radius 2 is 2.08 bits per heavy atom. The lowest BCUT2D eigenvalue weighted by atomic mass is 10.2. The molecule has 0 radical (unpaired) electrons. The van der Waals surface area contributed by atoms with Gasteiger partial charge in [-0.1, -0.05) is 23.7 Å². The van der Waals surface area contributed by atoms with E-state index in [-0.39, 0.29) is 11.9 Å². The Labute approximate surface area is 158 Å². The molecule has 2 aromatic rings. The van der Waals surface area contributed by atoms with Gasteiger partial charge in [0.2, 0.25) is 11.9 Å². The number of carbonyl (C=O) groups excluding carboxylic acids is 1. The number of hydrogen-bond acceptors (Lipinski definition) is 5. The Hall–Kier alpha value is -2.34. The first-order valence-electron chi connectivity index (χ1n) is 9.09. The summed E-state index contributed by atoms with van der Waals surface area (Å²) in [6, 6.07) is 9.13. The summed E-state index contributed by atoms with van der Waals surface area (Å²) in [4.78, 5) is 23.5. The molecule has 0 unspecified atom stereocenters. The number of hydrogen-bond donors (Lipinski definition) is 2. The maximum absolute atomic E-state index is 12.5. The second-order valence-corrected chi connectivity index (χ2v) is 7.29. The zero-order valence-corrected chi connectivity index (χ0v) is 15.2. The van der Waals surface area contributed by atoms with E-state index in [2.05, 4.69) is 20.6 Å². The van der Waals surface area contributed by atoms with Gasteiger partial charge in [-0.25, -0.2) is 4.98 Å². The second kappa shape index (κ2) is 7.50. The molecule has 1 saturated heterocycles. The predicted molar refractivity (Wildman–Crippen MR) is 103 cm³/mol. The Kier molecular flexibility index (Phi) is 4.93. The molecule has 136 valence electrons. The number of benzene rings is 1. The van der Waals surface area contributed by atoms with Crippen LogP contribution in [-0.4, -0.2) is 35.0 Å². The first kappa shape index (κ1) is 17.1. The van der Waals surface area contributed by atoms with Crippen molar-refractivity contribution in [2.45, 2.75) is 31.7 Å². The SMILES string of the molecule is O=C(NCC1CC1)[C@@H]1CCCN1c1nccc(Nc2ccccc2Cl)n1. The molecule has 1 aliphatic carbocycles. The summed E-state index contributed by atoms with van der Waals surface area (Å²) in [7, 11) is 0. The van der Waals surface area contributed by atoms with Gasteiger partial charge in [-0.05, 0) is 49.8 Å². The second-order valence-electron chi connectivity index (χ2n) is 6.89. The molecular weight excluding hydrogens is 350 g/mol. The molecule has 0 spiro atoms. The van der Waals surface area contributed by atoms with Gasteiger partial charge in [-0.3, -0.25) is 4.79 Å². The Morgan fingerprint density at radius 3 is 2.88 bits per heavy atom. The van der Waals surface area contributed by atoms with Gasteiger partial charge in [0.15, 0.2) is 0 Å². The van der Waals surface area contributed by atoms with E-state index in [0.717, 1.165) is 31.6 Å². The fourth-order valence-corrected chi connectivity index (χ4v) is 3.40. The number of aromatic nitrogens is 2. The summed E-state index contributed by atoms with van der Waals surface area (Å²) in [6.07, 6.45) is 5.97. The summed E-state index contributed by atoms with van der Waals surface area (Å²) in [6.45, 7) is 1.58. The molecule has 4 rings (SSSR count). The van der Waals surface area contributed by atoms with Crippen molar-refractivity contribution in [3.63, 3.8) is 0 Å². The number of nitrogens with zero attached hydrogens (tertiary/aromatic N) is 3. The van der Waals surface area contributed by atoms with E-state index in [4.69, 9.17) is 11.6 Å². The standard InChI is InChI=1S/C19H22ClN5O/c20-14-4-1-2-5-15(14)23-17-9-10-21-19(24-17)25-11-3-6-16(25)18(26)22-12-13-7-8-13/h1-2,4-5,9-10,13,16H,3,6-8,11-12H2,(H,22,26)(H,21,23,24)/t16-/m0/s1. The zero-order valence-electron chi connectivity index (χ0n) is 14.5. The minimum atomic E-state index is -0.190. The van der Waals surface area contributed by atoms with Crippen LogP contribution < -0.4 is 15.5 Å². The van der Waals surface area contributed by atoms with E-state index >= 15 is 0 Å². The van der Waals surface area contributed by atoms with Crippen molar-refractivity contribution in [3.8, 4) is 0 Å². The van der Waals surface area contributed by atoms with Gasteiger partial charge < -0.3 is 15.5 Å². The maximum atomic E-state index is 12.5. The van der Waals surface area contributed by atoms with Gasteiger partial charge in [0, 0.05) is 19.3 Å². The van der Waals surface area contributed by atoms with Crippen LogP contribution in [0.4, 0.5) is 17.5 Å². The van der Waals surface area contributed by atoms with Gasteiger partial charge in [-0.2, -0.15) is 4.98 Å². The van der Waals surface area contributed by atoms with Gasteiger partial charge in [0.05, 0.1) is 10.7 Å². The fourth-order valence-electron chi connectivity index (χ4n) is 3.22. The minimum Gasteiger partial charge on any atom is -0.354 e. The number of amides is 1. The third-order valence-corrected chi connectivity index (χ3v) is 5.18. The predicted octanol–water partition coefficient (Wildman–Crippen LogP) is 3.37. The van der Waals surface area contributed by atoms with Crippen molar-refractivity contribution in [3.05, 3.63) is 41.6 Å². The molecule has 1 atom stereocenters. The van der Waals surface area contributed by atoms with Crippen molar-refractivity contribution in [2.75, 3.05) is 23.3 Å². The lowest BCUT2D eigenvalue weighted by Crippen LogP contribution is -2.44. The molecule has 2 fully saturated rings. The lowest BCUT2D eigenvalue weighted by molar-refractivity contribution is -0.122. The highest BCUT2D eigenvalue weighted by molar-refractivity contribution is 6.33. The summed E-state index contributed by atoms with van der Waals surface area (Å²) in [5, 5.41) is 6.93. The summed E-state index contributed by atoms with van der Waals surface area (Å²) in [5.41, 5.74) is 0.791. The van der Waals surface area contributed by atoms with Crippen LogP contribution in [0.3, 0.4) is 0 Å². The largest absolute Gasteiger partial charge is 0.354 e. The topological polar surface area (TPSA) is 70.2 Å². The molecule has 1 aromatic carbocycles. The van der Waals surface area contributed by atoms with Gasteiger partial charge >= 0.3 is 0 Å². The minimum absolute atomic E-state index is 0.0856. The molecule has 26 heavy (non-hydrogen) atoms. The monoisotopic (exact) mass is 371 g/mol. The summed E-state index contributed by atoms with van der Waals surface area (Å²) in [5.74, 6) is 1.99. The summed E-state index contributed by atoms with van der Waals surface area (Å²) >= 11 is 6.20. The first-order valence-corrected chi connectivity index (χ1v) is 9.47. The molecule has 6 nitrogen and oxygen atoms in total. The van der Waals surface area contributed by atoms with Crippen LogP contribution in [0.5, 0.6) is 0 Å². The quantitative estimate of drug-likeness (QED) is 0.814. The highest BCUT2D eigenvalue weighted by Gasteiger charge is 2.33. The Bertz CT molecular complexity index is 795. The number of nitrogens with one attached hydrogen (secondary N) is 2. The highest BCUT2D eigenvalue weighted by Crippen LogP contribution is 2.29. The molecule has 1 amide bonds. The normalized spacial score (nSPS) is 19.4. The molecular formula is C19H22ClN5O. The van der Waals surface area contributed by atoms with Crippen LogP contribution in [-0.2, 0) is 4.79 Å². The van der Waals surface area contributed by atoms with Crippen LogP contribution in [0.2, 0.25) is 5.02 Å². The van der Waals surface area contributed by atoms with E-state index in [0.29, 0.717) is 22.7 Å². The van der Waals surface area contributed by atoms with E-state index in [9.17, 15) is 4.79 Å². The molecule has 2 heterocycles. The van der Waals surface area contributed by atoms with Crippen LogP contribution in [0.1, 0.15) is 25.7 Å². The molecule has 0 bridgehead atoms. The van der Waals surface area contributed by atoms with E-state index in [1.807, 2.05) is 29.2 Å². The Morgan fingerprint density at radius 1 is 1.23 bits per heavy atom. The van der Waals surface area contributed by atoms with E-state index in [1.165, 1.54) is 12.8 Å². The summed E-state index contributed by atoms with van der Waals surface area (Å²) < 4.78 is 0. The number of carbonyl (C=O) groups is 1. The van der Waals surface area contributed by atoms with E-state index in [1.54, 1.807) is 12.3 Å². The van der Waals surface area contributed by atoms with Crippen molar-refractivity contribution >= 4 is 35.0 Å². The fraction of sp³-hybridized carbons (Fsp3) is 0.421. The van der Waals surface area contributed by atoms with Crippen molar-refractivity contribution < 1.29 is 4.79 Å². The number of anilines is 3. The average molecular weight is 372 g/mol. The Balaban J connectivity index is 1.47. The van der Waals surface area contributed by atoms with Gasteiger partial charge in [0.25, 0.3) is 0 Å². The zero-order chi connectivity index (χ0) is 17.9. The van der Waals surface area contributed by atoms with Gasteiger partial charge in [-0.15, -0.1) is 0 Å². The molecule has 1 aromatic heterocycles. The van der Waals surface area contributed by atoms with Crippen molar-refractivity contribution in [1.82, 2.24) is 15.3 Å². The molecule has 7 heteroatoms. The average Bonchev–Trinajstić information content (AvgIpc) is 3.35. The molecule has 1 saturated carbocycles. The lowest BCUT2D eigenvalue weighted by Gasteiger charge is -2.24. The third kappa shape index (κ3) is 3.90. The number of para-hydroxylation sites is 1. The molecule has 2 aliphatic rings. The van der Waals surface area contributed by atoms with Crippen molar-refractivity contribution in [2.24, 2.45) is 5.92 Å².